The zero-order valence-corrected chi connectivity index (χ0v) is 13.1. The van der Waals surface area contributed by atoms with Crippen LogP contribution in [0.3, 0.4) is 0 Å². The lowest BCUT2D eigenvalue weighted by molar-refractivity contribution is -0.121. The van der Waals surface area contributed by atoms with Crippen molar-refractivity contribution in [3.63, 3.8) is 0 Å². The molecule has 1 aromatic rings. The number of nitrogens with one attached hydrogen (secondary N) is 2. The van der Waals surface area contributed by atoms with Crippen LogP contribution >= 0.6 is 0 Å². The lowest BCUT2D eigenvalue weighted by atomic mass is 9.93. The molecule has 7 heteroatoms. The van der Waals surface area contributed by atoms with Crippen LogP contribution in [0.1, 0.15) is 55.3 Å². The molecule has 7 nitrogen and oxygen atoms in total. The van der Waals surface area contributed by atoms with Crippen molar-refractivity contribution in [2.75, 3.05) is 19.6 Å². The van der Waals surface area contributed by atoms with Gasteiger partial charge in [0.05, 0.1) is 0 Å². The van der Waals surface area contributed by atoms with E-state index in [-0.39, 0.29) is 17.2 Å². The minimum atomic E-state index is -0.261. The van der Waals surface area contributed by atoms with Gasteiger partial charge in [0.2, 0.25) is 5.91 Å². The van der Waals surface area contributed by atoms with E-state index in [0.717, 1.165) is 18.6 Å². The highest BCUT2D eigenvalue weighted by atomic mass is 16.5. The topological polar surface area (TPSA) is 110 Å². The molecule has 1 heterocycles. The largest absolute Gasteiger partial charge is 0.360 e. The molecule has 0 aliphatic heterocycles. The van der Waals surface area contributed by atoms with Crippen LogP contribution in [0.15, 0.2) is 10.6 Å². The van der Waals surface area contributed by atoms with Crippen molar-refractivity contribution in [1.29, 1.82) is 0 Å². The first kappa shape index (κ1) is 16.5. The molecule has 122 valence electrons. The predicted molar refractivity (Wildman–Crippen MR) is 81.3 cm³/mol. The number of hydrogen-bond donors (Lipinski definition) is 3. The summed E-state index contributed by atoms with van der Waals surface area (Å²) in [6.45, 7) is 5.17. The van der Waals surface area contributed by atoms with Gasteiger partial charge in [0.25, 0.3) is 5.91 Å². The summed E-state index contributed by atoms with van der Waals surface area (Å²) in [4.78, 5) is 23.5. The van der Waals surface area contributed by atoms with Crippen molar-refractivity contribution < 1.29 is 14.1 Å². The molecular weight excluding hydrogens is 284 g/mol. The van der Waals surface area contributed by atoms with Crippen LogP contribution < -0.4 is 16.4 Å². The average molecular weight is 308 g/mol. The summed E-state index contributed by atoms with van der Waals surface area (Å²) in [5.74, 6) is 0.895. The summed E-state index contributed by atoms with van der Waals surface area (Å²) in [7, 11) is 0. The van der Waals surface area contributed by atoms with E-state index in [0.29, 0.717) is 37.7 Å². The summed E-state index contributed by atoms with van der Waals surface area (Å²) < 4.78 is 5.17. The molecule has 0 atom stereocenters. The highest BCUT2D eigenvalue weighted by Crippen LogP contribution is 2.40. The molecule has 1 aliphatic carbocycles. The molecule has 0 spiro atoms. The zero-order valence-electron chi connectivity index (χ0n) is 13.1. The summed E-state index contributed by atoms with van der Waals surface area (Å²) in [5.41, 5.74) is 5.37. The Kier molecular flexibility index (Phi) is 5.18. The van der Waals surface area contributed by atoms with Crippen molar-refractivity contribution in [2.45, 2.75) is 39.0 Å². The molecule has 1 saturated carbocycles. The first-order chi connectivity index (χ1) is 10.4. The van der Waals surface area contributed by atoms with E-state index >= 15 is 0 Å². The minimum Gasteiger partial charge on any atom is -0.360 e. The average Bonchev–Trinajstić information content (AvgIpc) is 3.21. The second-order valence-corrected chi connectivity index (χ2v) is 6.55. The van der Waals surface area contributed by atoms with Gasteiger partial charge in [0.15, 0.2) is 5.69 Å². The fraction of sp³-hybridized carbons (Fsp3) is 0.667. The van der Waals surface area contributed by atoms with E-state index in [4.69, 9.17) is 10.3 Å². The van der Waals surface area contributed by atoms with Crippen LogP contribution in [0, 0.1) is 5.41 Å². The Balaban J connectivity index is 1.77. The van der Waals surface area contributed by atoms with Crippen LogP contribution in [0.4, 0.5) is 0 Å². The fourth-order valence-electron chi connectivity index (χ4n) is 1.99. The van der Waals surface area contributed by atoms with Gasteiger partial charge in [-0.15, -0.1) is 0 Å². The van der Waals surface area contributed by atoms with Crippen molar-refractivity contribution >= 4 is 11.8 Å². The van der Waals surface area contributed by atoms with Gasteiger partial charge >= 0.3 is 0 Å². The molecule has 0 bridgehead atoms. The Morgan fingerprint density at radius 1 is 1.36 bits per heavy atom. The van der Waals surface area contributed by atoms with Crippen LogP contribution in [0.25, 0.3) is 0 Å². The lowest BCUT2D eigenvalue weighted by Gasteiger charge is -2.25. The summed E-state index contributed by atoms with van der Waals surface area (Å²) in [6, 6.07) is 1.71. The quantitative estimate of drug-likeness (QED) is 0.657. The van der Waals surface area contributed by atoms with Gasteiger partial charge < -0.3 is 20.9 Å². The maximum absolute atomic E-state index is 12.1. The Hall–Kier alpha value is -1.89. The monoisotopic (exact) mass is 308 g/mol. The smallest absolute Gasteiger partial charge is 0.273 e. The number of nitrogens with two attached hydrogens (primary N) is 1. The van der Waals surface area contributed by atoms with Gasteiger partial charge in [0, 0.05) is 38.0 Å². The molecule has 2 rings (SSSR count). The van der Waals surface area contributed by atoms with Gasteiger partial charge in [-0.05, 0) is 18.3 Å². The Bertz CT molecular complexity index is 535. The lowest BCUT2D eigenvalue weighted by Crippen LogP contribution is -2.42. The van der Waals surface area contributed by atoms with Crippen LogP contribution in [0.2, 0.25) is 0 Å². The number of carbonyl (C=O) groups is 2. The SMILES string of the molecule is CC(C)(CNC(=O)CCN)CNC(=O)c1cc(C2CC2)on1. The second-order valence-electron chi connectivity index (χ2n) is 6.55. The third kappa shape index (κ3) is 4.84. The van der Waals surface area contributed by atoms with E-state index < -0.39 is 0 Å². The maximum atomic E-state index is 12.1. The zero-order chi connectivity index (χ0) is 16.2. The van der Waals surface area contributed by atoms with Gasteiger partial charge in [-0.3, -0.25) is 9.59 Å². The van der Waals surface area contributed by atoms with E-state index in [1.165, 1.54) is 0 Å². The molecule has 0 radical (unpaired) electrons. The maximum Gasteiger partial charge on any atom is 0.273 e. The number of rotatable bonds is 8. The first-order valence-electron chi connectivity index (χ1n) is 7.63. The molecule has 1 fully saturated rings. The second kappa shape index (κ2) is 6.91. The van der Waals surface area contributed by atoms with Crippen molar-refractivity contribution in [1.82, 2.24) is 15.8 Å². The number of hydrogen-bond acceptors (Lipinski definition) is 5. The standard InChI is InChI=1S/C15H24N4O3/c1-15(2,8-17-13(20)5-6-16)9-18-14(21)11-7-12(22-19-11)10-3-4-10/h7,10H,3-6,8-9,16H2,1-2H3,(H,17,20)(H,18,21). The van der Waals surface area contributed by atoms with Crippen molar-refractivity contribution in [3.05, 3.63) is 17.5 Å². The van der Waals surface area contributed by atoms with Gasteiger partial charge in [-0.2, -0.15) is 0 Å². The molecule has 2 amide bonds. The molecule has 0 saturated heterocycles. The molecule has 0 aromatic carbocycles. The van der Waals surface area contributed by atoms with E-state index in [1.54, 1.807) is 6.07 Å². The Morgan fingerprint density at radius 2 is 2.05 bits per heavy atom. The van der Waals surface area contributed by atoms with E-state index in [1.807, 2.05) is 13.8 Å². The summed E-state index contributed by atoms with van der Waals surface area (Å²) >= 11 is 0. The molecular formula is C15H24N4O3. The van der Waals surface area contributed by atoms with Gasteiger partial charge in [-0.25, -0.2) is 0 Å². The van der Waals surface area contributed by atoms with Gasteiger partial charge in [0.1, 0.15) is 5.76 Å². The molecule has 22 heavy (non-hydrogen) atoms. The minimum absolute atomic E-state index is 0.0764. The van der Waals surface area contributed by atoms with Gasteiger partial charge in [-0.1, -0.05) is 19.0 Å². The number of aromatic nitrogens is 1. The highest BCUT2D eigenvalue weighted by molar-refractivity contribution is 5.92. The summed E-state index contributed by atoms with van der Waals surface area (Å²) in [5, 5.41) is 9.45. The number of nitrogens with zero attached hydrogens (tertiary/aromatic N) is 1. The third-order valence-corrected chi connectivity index (χ3v) is 3.60. The number of carbonyl (C=O) groups excluding carboxylic acids is 2. The van der Waals surface area contributed by atoms with E-state index in [9.17, 15) is 9.59 Å². The normalized spacial score (nSPS) is 14.7. The van der Waals surface area contributed by atoms with Crippen LogP contribution in [0.5, 0.6) is 0 Å². The molecule has 1 aliphatic rings. The third-order valence-electron chi connectivity index (χ3n) is 3.60. The predicted octanol–water partition coefficient (Wildman–Crippen LogP) is 0.773. The fourth-order valence-corrected chi connectivity index (χ4v) is 1.99. The Morgan fingerprint density at radius 3 is 2.68 bits per heavy atom. The molecule has 4 N–H and O–H groups in total. The molecule has 0 unspecified atom stereocenters. The van der Waals surface area contributed by atoms with Crippen molar-refractivity contribution in [3.8, 4) is 0 Å². The van der Waals surface area contributed by atoms with E-state index in [2.05, 4.69) is 15.8 Å². The van der Waals surface area contributed by atoms with Crippen LogP contribution in [-0.4, -0.2) is 36.6 Å². The Labute approximate surface area is 130 Å². The highest BCUT2D eigenvalue weighted by Gasteiger charge is 2.29. The number of amides is 2. The summed E-state index contributed by atoms with van der Waals surface area (Å²) in [6.07, 6.45) is 2.52. The van der Waals surface area contributed by atoms with Crippen molar-refractivity contribution in [2.24, 2.45) is 11.1 Å². The van der Waals surface area contributed by atoms with Crippen LogP contribution in [-0.2, 0) is 4.79 Å². The molecule has 1 aromatic heterocycles. The first-order valence-corrected chi connectivity index (χ1v) is 7.63.